The van der Waals surface area contributed by atoms with E-state index in [4.69, 9.17) is 16.0 Å². The average molecular weight is 384 g/mol. The van der Waals surface area contributed by atoms with Crippen LogP contribution in [0.2, 0.25) is 5.02 Å². The van der Waals surface area contributed by atoms with E-state index in [0.29, 0.717) is 29.1 Å². The van der Waals surface area contributed by atoms with Gasteiger partial charge in [0.05, 0.1) is 0 Å². The maximum atomic E-state index is 12.8. The van der Waals surface area contributed by atoms with Crippen LogP contribution in [0.25, 0.3) is 11.0 Å². The Morgan fingerprint density at radius 1 is 1.15 bits per heavy atom. The van der Waals surface area contributed by atoms with Gasteiger partial charge in [-0.25, -0.2) is 4.79 Å². The highest BCUT2D eigenvalue weighted by Gasteiger charge is 2.25. The first-order valence-electron chi connectivity index (χ1n) is 8.74. The number of hydrogen-bond acceptors (Lipinski definition) is 5. The molecule has 0 radical (unpaired) electrons. The molecule has 1 aliphatic rings. The highest BCUT2D eigenvalue weighted by molar-refractivity contribution is 6.31. The van der Waals surface area contributed by atoms with Crippen molar-refractivity contribution in [2.75, 3.05) is 26.2 Å². The Kier molecular flexibility index (Phi) is 4.92. The number of nitrogens with zero attached hydrogens (tertiary/aromatic N) is 3. The van der Waals surface area contributed by atoms with Crippen LogP contribution in [-0.2, 0) is 6.54 Å². The lowest BCUT2D eigenvalue weighted by atomic mass is 10.1. The summed E-state index contributed by atoms with van der Waals surface area (Å²) in [7, 11) is 0. The zero-order valence-electron chi connectivity index (χ0n) is 14.6. The fourth-order valence-corrected chi connectivity index (χ4v) is 3.45. The van der Waals surface area contributed by atoms with E-state index >= 15 is 0 Å². The molecule has 138 valence electrons. The molecule has 1 aliphatic heterocycles. The average Bonchev–Trinajstić information content (AvgIpc) is 2.69. The van der Waals surface area contributed by atoms with Crippen molar-refractivity contribution in [1.29, 1.82) is 0 Å². The van der Waals surface area contributed by atoms with Gasteiger partial charge in [0.15, 0.2) is 0 Å². The molecule has 1 fully saturated rings. The summed E-state index contributed by atoms with van der Waals surface area (Å²) < 4.78 is 5.28. The summed E-state index contributed by atoms with van der Waals surface area (Å²) in [6, 6.07) is 10.5. The molecule has 1 amide bonds. The van der Waals surface area contributed by atoms with Crippen molar-refractivity contribution in [3.63, 3.8) is 0 Å². The van der Waals surface area contributed by atoms with E-state index in [1.165, 1.54) is 0 Å². The largest absolute Gasteiger partial charge is 0.422 e. The number of halogens is 1. The molecule has 0 aliphatic carbocycles. The van der Waals surface area contributed by atoms with Gasteiger partial charge < -0.3 is 9.32 Å². The number of hydrogen-bond donors (Lipinski definition) is 0. The maximum absolute atomic E-state index is 12.8. The quantitative estimate of drug-likeness (QED) is 0.651. The first kappa shape index (κ1) is 17.7. The maximum Gasteiger partial charge on any atom is 0.349 e. The Bertz CT molecular complexity index is 1030. The molecule has 1 aromatic carbocycles. The van der Waals surface area contributed by atoms with Gasteiger partial charge in [-0.3, -0.25) is 14.7 Å². The predicted molar refractivity (Wildman–Crippen MR) is 103 cm³/mol. The van der Waals surface area contributed by atoms with Crippen molar-refractivity contribution in [3.8, 4) is 0 Å². The lowest BCUT2D eigenvalue weighted by molar-refractivity contribution is 0.0624. The number of pyridine rings is 1. The molecule has 6 nitrogen and oxygen atoms in total. The first-order chi connectivity index (χ1) is 13.1. The minimum absolute atomic E-state index is 0.0467. The molecule has 7 heteroatoms. The van der Waals surface area contributed by atoms with E-state index in [1.807, 2.05) is 18.3 Å². The Morgan fingerprint density at radius 3 is 2.70 bits per heavy atom. The number of aromatic nitrogens is 1. The van der Waals surface area contributed by atoms with E-state index in [2.05, 4.69) is 9.88 Å². The Balaban J connectivity index is 1.47. The van der Waals surface area contributed by atoms with Gasteiger partial charge in [0, 0.05) is 55.5 Å². The van der Waals surface area contributed by atoms with Crippen LogP contribution in [0.3, 0.4) is 0 Å². The number of carbonyl (C=O) groups is 1. The van der Waals surface area contributed by atoms with E-state index in [-0.39, 0.29) is 11.5 Å². The topological polar surface area (TPSA) is 66.7 Å². The van der Waals surface area contributed by atoms with Gasteiger partial charge in [-0.1, -0.05) is 17.7 Å². The fourth-order valence-electron chi connectivity index (χ4n) is 3.27. The standard InChI is InChI=1S/C20H18ClN3O3/c21-16-3-4-18-15(10-16)11-17(20(26)27-18)19(25)24-8-6-23(7-9-24)13-14-2-1-5-22-12-14/h1-5,10-12H,6-9,13H2. The van der Waals surface area contributed by atoms with Crippen LogP contribution in [0.1, 0.15) is 15.9 Å². The predicted octanol–water partition coefficient (Wildman–Crippen LogP) is 2.80. The third-order valence-corrected chi connectivity index (χ3v) is 4.95. The molecule has 3 heterocycles. The third-order valence-electron chi connectivity index (χ3n) is 4.71. The second-order valence-electron chi connectivity index (χ2n) is 6.56. The van der Waals surface area contributed by atoms with Gasteiger partial charge in [0.1, 0.15) is 11.1 Å². The number of rotatable bonds is 3. The van der Waals surface area contributed by atoms with Crippen molar-refractivity contribution in [3.05, 3.63) is 75.4 Å². The summed E-state index contributed by atoms with van der Waals surface area (Å²) in [5.74, 6) is -0.299. The fraction of sp³-hybridized carbons (Fsp3) is 0.250. The summed E-state index contributed by atoms with van der Waals surface area (Å²) in [5, 5.41) is 1.17. The third kappa shape index (κ3) is 3.86. The van der Waals surface area contributed by atoms with Crippen LogP contribution >= 0.6 is 11.6 Å². The molecule has 3 aromatic rings. The molecule has 0 atom stereocenters. The van der Waals surface area contributed by atoms with Crippen molar-refractivity contribution in [2.45, 2.75) is 6.54 Å². The number of fused-ring (bicyclic) bond motifs is 1. The van der Waals surface area contributed by atoms with Crippen LogP contribution in [0.15, 0.2) is 58.0 Å². The Labute approximate surface area is 161 Å². The number of amides is 1. The van der Waals surface area contributed by atoms with Gasteiger partial charge in [0.2, 0.25) is 0 Å². The van der Waals surface area contributed by atoms with Gasteiger partial charge in [0.25, 0.3) is 5.91 Å². The summed E-state index contributed by atoms with van der Waals surface area (Å²) in [4.78, 5) is 33.2. The monoisotopic (exact) mass is 383 g/mol. The van der Waals surface area contributed by atoms with Crippen LogP contribution in [0.4, 0.5) is 0 Å². The van der Waals surface area contributed by atoms with Gasteiger partial charge in [-0.2, -0.15) is 0 Å². The molecule has 1 saturated heterocycles. The lowest BCUT2D eigenvalue weighted by Gasteiger charge is -2.34. The molecule has 0 spiro atoms. The molecule has 0 saturated carbocycles. The van der Waals surface area contributed by atoms with Crippen LogP contribution < -0.4 is 5.63 Å². The Morgan fingerprint density at radius 2 is 1.96 bits per heavy atom. The summed E-state index contributed by atoms with van der Waals surface area (Å²) in [6.45, 7) is 3.40. The van der Waals surface area contributed by atoms with Crippen molar-refractivity contribution in [2.24, 2.45) is 0 Å². The highest BCUT2D eigenvalue weighted by atomic mass is 35.5. The Hall–Kier alpha value is -2.70. The van der Waals surface area contributed by atoms with Crippen molar-refractivity contribution in [1.82, 2.24) is 14.8 Å². The number of carbonyl (C=O) groups excluding carboxylic acids is 1. The number of benzene rings is 1. The zero-order valence-corrected chi connectivity index (χ0v) is 15.4. The second-order valence-corrected chi connectivity index (χ2v) is 7.00. The van der Waals surface area contributed by atoms with Gasteiger partial charge in [-0.05, 0) is 35.9 Å². The molecule has 2 aromatic heterocycles. The van der Waals surface area contributed by atoms with Crippen molar-refractivity contribution >= 4 is 28.5 Å². The molecular formula is C20H18ClN3O3. The van der Waals surface area contributed by atoms with Crippen LogP contribution in [-0.4, -0.2) is 46.9 Å². The normalized spacial score (nSPS) is 15.2. The van der Waals surface area contributed by atoms with E-state index in [1.54, 1.807) is 35.4 Å². The molecule has 0 unspecified atom stereocenters. The second kappa shape index (κ2) is 7.50. The lowest BCUT2D eigenvalue weighted by Crippen LogP contribution is -2.49. The summed E-state index contributed by atoms with van der Waals surface area (Å²) in [6.07, 6.45) is 3.60. The summed E-state index contributed by atoms with van der Waals surface area (Å²) >= 11 is 6.00. The summed E-state index contributed by atoms with van der Waals surface area (Å²) in [5.41, 5.74) is 0.990. The van der Waals surface area contributed by atoms with E-state index < -0.39 is 5.63 Å². The minimum atomic E-state index is -0.618. The van der Waals surface area contributed by atoms with Crippen LogP contribution in [0.5, 0.6) is 0 Å². The van der Waals surface area contributed by atoms with E-state index in [0.717, 1.165) is 25.2 Å². The number of piperazine rings is 1. The van der Waals surface area contributed by atoms with Gasteiger partial charge >= 0.3 is 5.63 Å². The molecule has 4 rings (SSSR count). The zero-order chi connectivity index (χ0) is 18.8. The molecule has 0 N–H and O–H groups in total. The minimum Gasteiger partial charge on any atom is -0.422 e. The van der Waals surface area contributed by atoms with Crippen molar-refractivity contribution < 1.29 is 9.21 Å². The van der Waals surface area contributed by atoms with Crippen LogP contribution in [0, 0.1) is 0 Å². The first-order valence-corrected chi connectivity index (χ1v) is 9.12. The van der Waals surface area contributed by atoms with Gasteiger partial charge in [-0.15, -0.1) is 0 Å². The van der Waals surface area contributed by atoms with E-state index in [9.17, 15) is 9.59 Å². The molecular weight excluding hydrogens is 366 g/mol. The SMILES string of the molecule is O=C(c1cc2cc(Cl)ccc2oc1=O)N1CCN(Cc2cccnc2)CC1. The highest BCUT2D eigenvalue weighted by Crippen LogP contribution is 2.20. The smallest absolute Gasteiger partial charge is 0.349 e. The molecule has 0 bridgehead atoms. The molecule has 27 heavy (non-hydrogen) atoms.